The van der Waals surface area contributed by atoms with E-state index in [1.54, 1.807) is 0 Å². The van der Waals surface area contributed by atoms with Crippen LogP contribution in [0.2, 0.25) is 0 Å². The van der Waals surface area contributed by atoms with E-state index in [2.05, 4.69) is 32.0 Å². The van der Waals surface area contributed by atoms with E-state index in [9.17, 15) is 5.26 Å². The van der Waals surface area contributed by atoms with E-state index in [-0.39, 0.29) is 23.4 Å². The summed E-state index contributed by atoms with van der Waals surface area (Å²) in [5.74, 6) is 0.766. The number of nitrogens with one attached hydrogen (secondary N) is 1. The van der Waals surface area contributed by atoms with Crippen LogP contribution < -0.4 is 16.8 Å². The van der Waals surface area contributed by atoms with Gasteiger partial charge >= 0.3 is 0 Å². The smallest absolute Gasteiger partial charge is 0.224 e. The van der Waals surface area contributed by atoms with Crippen molar-refractivity contribution in [2.75, 3.05) is 30.0 Å². The molecule has 9 heteroatoms. The molecular formula is C20H24N8O. The van der Waals surface area contributed by atoms with Crippen LogP contribution in [0.25, 0.3) is 11.0 Å². The summed E-state index contributed by atoms with van der Waals surface area (Å²) < 4.78 is 7.62. The van der Waals surface area contributed by atoms with Crippen LogP contribution in [0.5, 0.6) is 0 Å². The summed E-state index contributed by atoms with van der Waals surface area (Å²) in [4.78, 5) is 13.0. The highest BCUT2D eigenvalue weighted by molar-refractivity contribution is 5.77. The number of hydrogen-bond acceptors (Lipinski definition) is 8. The van der Waals surface area contributed by atoms with Gasteiger partial charge in [-0.3, -0.25) is 0 Å². The van der Waals surface area contributed by atoms with Crippen LogP contribution in [0.3, 0.4) is 0 Å². The summed E-state index contributed by atoms with van der Waals surface area (Å²) in [7, 11) is 2.02. The molecule has 0 radical (unpaired) electrons. The Balaban J connectivity index is 1.77. The topological polar surface area (TPSA) is 141 Å². The average molecular weight is 392 g/mol. The predicted molar refractivity (Wildman–Crippen MR) is 111 cm³/mol. The number of aryl methyl sites for hydroxylation is 1. The molecule has 1 aliphatic heterocycles. The van der Waals surface area contributed by atoms with Crippen molar-refractivity contribution in [1.29, 1.82) is 5.26 Å². The minimum absolute atomic E-state index is 0.0207. The number of nitriles is 1. The first kappa shape index (κ1) is 19.0. The zero-order valence-electron chi connectivity index (χ0n) is 16.5. The molecule has 1 saturated heterocycles. The van der Waals surface area contributed by atoms with Crippen LogP contribution >= 0.6 is 0 Å². The van der Waals surface area contributed by atoms with Crippen LogP contribution in [-0.2, 0) is 11.8 Å². The highest BCUT2D eigenvalue weighted by Gasteiger charge is 2.25. The van der Waals surface area contributed by atoms with Crippen LogP contribution in [0.1, 0.15) is 48.5 Å². The van der Waals surface area contributed by atoms with Crippen molar-refractivity contribution >= 4 is 28.6 Å². The fourth-order valence-electron chi connectivity index (χ4n) is 3.88. The van der Waals surface area contributed by atoms with Gasteiger partial charge in [0.1, 0.15) is 17.5 Å². The van der Waals surface area contributed by atoms with Gasteiger partial charge in [-0.1, -0.05) is 0 Å². The van der Waals surface area contributed by atoms with Crippen molar-refractivity contribution in [3.8, 4) is 6.07 Å². The molecule has 0 aliphatic carbocycles. The lowest BCUT2D eigenvalue weighted by Crippen LogP contribution is -2.20. The Bertz CT molecular complexity index is 1090. The second kappa shape index (κ2) is 7.56. The maximum absolute atomic E-state index is 9.45. The molecule has 0 bridgehead atoms. The van der Waals surface area contributed by atoms with Crippen molar-refractivity contribution in [3.63, 3.8) is 0 Å². The van der Waals surface area contributed by atoms with Crippen molar-refractivity contribution in [2.24, 2.45) is 7.05 Å². The fraction of sp³-hybridized carbons (Fsp3) is 0.400. The van der Waals surface area contributed by atoms with Crippen molar-refractivity contribution in [2.45, 2.75) is 31.7 Å². The molecule has 4 rings (SSSR count). The van der Waals surface area contributed by atoms with E-state index in [1.165, 1.54) is 5.56 Å². The molecule has 1 aliphatic rings. The van der Waals surface area contributed by atoms with Crippen molar-refractivity contribution < 1.29 is 4.74 Å². The van der Waals surface area contributed by atoms with Crippen LogP contribution in [-0.4, -0.2) is 32.7 Å². The molecule has 1 unspecified atom stereocenters. The van der Waals surface area contributed by atoms with Crippen LogP contribution in [0.15, 0.2) is 18.3 Å². The lowest BCUT2D eigenvalue weighted by Gasteiger charge is -2.27. The first-order chi connectivity index (χ1) is 14.0. The Morgan fingerprint density at radius 2 is 2.03 bits per heavy atom. The number of pyridine rings is 1. The predicted octanol–water partition coefficient (Wildman–Crippen LogP) is 2.47. The average Bonchev–Trinajstić information content (AvgIpc) is 3.07. The third-order valence-electron chi connectivity index (χ3n) is 5.42. The Kier molecular flexibility index (Phi) is 4.94. The van der Waals surface area contributed by atoms with E-state index in [4.69, 9.17) is 21.2 Å². The number of rotatable bonds is 4. The lowest BCUT2D eigenvalue weighted by atomic mass is 9.88. The van der Waals surface area contributed by atoms with E-state index >= 15 is 0 Å². The summed E-state index contributed by atoms with van der Waals surface area (Å²) in [6.45, 7) is 3.48. The summed E-state index contributed by atoms with van der Waals surface area (Å²) in [6.07, 6.45) is 3.91. The van der Waals surface area contributed by atoms with Gasteiger partial charge in [-0.2, -0.15) is 15.2 Å². The second-order valence-corrected chi connectivity index (χ2v) is 7.35. The van der Waals surface area contributed by atoms with Gasteiger partial charge in [0.05, 0.1) is 22.8 Å². The largest absolute Gasteiger partial charge is 0.382 e. The maximum atomic E-state index is 9.45. The molecular weight excluding hydrogens is 368 g/mol. The number of anilines is 3. The summed E-state index contributed by atoms with van der Waals surface area (Å²) in [5.41, 5.74) is 15.9. The quantitative estimate of drug-likeness (QED) is 0.615. The highest BCUT2D eigenvalue weighted by atomic mass is 16.5. The standard InChI is InChI=1S/C20H24N8O/c1-11(24-19-14(10-21)18(22)26-20(23)27-19)17-13(12-4-7-29-8-5-12)9-16-15(25-17)3-6-28(16)2/h3,6,9,11-12H,4-5,7-8H2,1-2H3,(H5,22,23,24,26,27). The summed E-state index contributed by atoms with van der Waals surface area (Å²) >= 11 is 0. The van der Waals surface area contributed by atoms with E-state index in [0.717, 1.165) is 42.8 Å². The number of nitrogen functional groups attached to an aromatic ring is 2. The number of ether oxygens (including phenoxy) is 1. The molecule has 0 aromatic carbocycles. The number of aromatic nitrogens is 4. The molecule has 1 fully saturated rings. The molecule has 0 saturated carbocycles. The lowest BCUT2D eigenvalue weighted by molar-refractivity contribution is 0.0850. The number of nitrogens with two attached hydrogens (primary N) is 2. The molecule has 3 aromatic heterocycles. The SMILES string of the molecule is CC(Nc1nc(N)nc(N)c1C#N)c1nc2ccn(C)c2cc1C1CCOCC1. The summed E-state index contributed by atoms with van der Waals surface area (Å²) in [6, 6.07) is 6.06. The molecule has 1 atom stereocenters. The van der Waals surface area contributed by atoms with E-state index < -0.39 is 0 Å². The number of nitrogens with zero attached hydrogens (tertiary/aromatic N) is 5. The number of hydrogen-bond donors (Lipinski definition) is 3. The Hall–Kier alpha value is -3.38. The Morgan fingerprint density at radius 3 is 2.76 bits per heavy atom. The molecule has 0 spiro atoms. The molecule has 29 heavy (non-hydrogen) atoms. The molecule has 3 aromatic rings. The van der Waals surface area contributed by atoms with Gasteiger partial charge in [0, 0.05) is 26.5 Å². The van der Waals surface area contributed by atoms with Gasteiger partial charge in [-0.05, 0) is 43.4 Å². The minimum Gasteiger partial charge on any atom is -0.382 e. The van der Waals surface area contributed by atoms with E-state index in [0.29, 0.717) is 11.7 Å². The van der Waals surface area contributed by atoms with Crippen molar-refractivity contribution in [3.05, 3.63) is 35.2 Å². The Morgan fingerprint density at radius 1 is 1.28 bits per heavy atom. The third kappa shape index (κ3) is 3.54. The van der Waals surface area contributed by atoms with Crippen LogP contribution in [0.4, 0.5) is 17.6 Å². The third-order valence-corrected chi connectivity index (χ3v) is 5.42. The molecule has 9 nitrogen and oxygen atoms in total. The van der Waals surface area contributed by atoms with Gasteiger partial charge in [0.25, 0.3) is 0 Å². The van der Waals surface area contributed by atoms with Gasteiger partial charge in [-0.25, -0.2) is 4.98 Å². The minimum atomic E-state index is -0.210. The van der Waals surface area contributed by atoms with E-state index in [1.807, 2.05) is 26.2 Å². The normalized spacial score (nSPS) is 15.9. The first-order valence-corrected chi connectivity index (χ1v) is 9.61. The zero-order chi connectivity index (χ0) is 20.5. The molecule has 5 N–H and O–H groups in total. The fourth-order valence-corrected chi connectivity index (χ4v) is 3.88. The highest BCUT2D eigenvalue weighted by Crippen LogP contribution is 2.35. The van der Waals surface area contributed by atoms with Gasteiger partial charge in [0.15, 0.2) is 5.82 Å². The van der Waals surface area contributed by atoms with Gasteiger partial charge in [-0.15, -0.1) is 0 Å². The second-order valence-electron chi connectivity index (χ2n) is 7.35. The summed E-state index contributed by atoms with van der Waals surface area (Å²) in [5, 5.41) is 12.7. The Labute approximate surface area is 168 Å². The number of fused-ring (bicyclic) bond motifs is 1. The van der Waals surface area contributed by atoms with Gasteiger partial charge in [0.2, 0.25) is 5.95 Å². The monoisotopic (exact) mass is 392 g/mol. The zero-order valence-corrected chi connectivity index (χ0v) is 16.5. The van der Waals surface area contributed by atoms with Crippen LogP contribution in [0, 0.1) is 11.3 Å². The maximum Gasteiger partial charge on any atom is 0.224 e. The first-order valence-electron chi connectivity index (χ1n) is 9.61. The molecule has 0 amide bonds. The van der Waals surface area contributed by atoms with Gasteiger partial charge < -0.3 is 26.1 Å². The molecule has 150 valence electrons. The molecule has 4 heterocycles. The van der Waals surface area contributed by atoms with Crippen molar-refractivity contribution in [1.82, 2.24) is 19.5 Å².